The van der Waals surface area contributed by atoms with Gasteiger partial charge in [-0.25, -0.2) is 4.98 Å². The Labute approximate surface area is 114 Å². The predicted octanol–water partition coefficient (Wildman–Crippen LogP) is 2.17. The van der Waals surface area contributed by atoms with E-state index in [0.29, 0.717) is 5.82 Å². The van der Waals surface area contributed by atoms with Crippen molar-refractivity contribution in [1.82, 2.24) is 14.6 Å². The monoisotopic (exact) mass is 274 g/mol. The maximum Gasteiger partial charge on any atom is 0.214 e. The molecule has 0 atom stereocenters. The molecule has 0 amide bonds. The van der Waals surface area contributed by atoms with Crippen molar-refractivity contribution in [2.75, 3.05) is 12.8 Å². The number of nitrogens with two attached hydrogens (primary N) is 1. The van der Waals surface area contributed by atoms with Crippen molar-refractivity contribution in [2.45, 2.75) is 12.8 Å². The highest BCUT2D eigenvalue weighted by Gasteiger charge is 2.08. The maximum absolute atomic E-state index is 5.79. The number of nitrogens with zero attached hydrogens (tertiary/aromatic N) is 3. The first-order valence-electron chi connectivity index (χ1n) is 5.98. The fourth-order valence-electron chi connectivity index (χ4n) is 1.94. The third-order valence-electron chi connectivity index (χ3n) is 2.92. The molecule has 0 bridgehead atoms. The van der Waals surface area contributed by atoms with Crippen LogP contribution in [0.3, 0.4) is 0 Å². The second-order valence-electron chi connectivity index (χ2n) is 4.23. The van der Waals surface area contributed by atoms with Gasteiger partial charge in [0.1, 0.15) is 11.6 Å². The molecule has 2 heterocycles. The zero-order chi connectivity index (χ0) is 13.2. The number of thiazole rings is 1. The molecule has 3 rings (SSSR count). The number of benzene rings is 1. The van der Waals surface area contributed by atoms with Crippen LogP contribution in [0.15, 0.2) is 29.6 Å². The zero-order valence-electron chi connectivity index (χ0n) is 10.5. The molecule has 0 saturated carbocycles. The van der Waals surface area contributed by atoms with Crippen LogP contribution in [-0.2, 0) is 12.8 Å². The molecule has 5 nitrogen and oxygen atoms in total. The molecular weight excluding hydrogens is 260 g/mol. The normalized spacial score (nSPS) is 11.0. The molecule has 1 aromatic carbocycles. The van der Waals surface area contributed by atoms with Gasteiger partial charge in [-0.1, -0.05) is 12.1 Å². The minimum atomic E-state index is 0.639. The van der Waals surface area contributed by atoms with Gasteiger partial charge in [0.15, 0.2) is 5.82 Å². The SMILES string of the molecule is COc1cccc(CCc2nc3scc(N)n3n2)c1. The van der Waals surface area contributed by atoms with E-state index < -0.39 is 0 Å². The van der Waals surface area contributed by atoms with E-state index in [0.717, 1.165) is 29.4 Å². The smallest absolute Gasteiger partial charge is 0.214 e. The Balaban J connectivity index is 1.74. The molecule has 19 heavy (non-hydrogen) atoms. The van der Waals surface area contributed by atoms with Gasteiger partial charge < -0.3 is 10.5 Å². The molecule has 3 aromatic rings. The van der Waals surface area contributed by atoms with E-state index in [2.05, 4.69) is 16.1 Å². The Hall–Kier alpha value is -2.08. The summed E-state index contributed by atoms with van der Waals surface area (Å²) < 4.78 is 6.89. The highest BCUT2D eigenvalue weighted by Crippen LogP contribution is 2.17. The first-order valence-corrected chi connectivity index (χ1v) is 6.86. The van der Waals surface area contributed by atoms with Crippen LogP contribution in [0.5, 0.6) is 5.75 Å². The molecule has 98 valence electrons. The van der Waals surface area contributed by atoms with Crippen LogP contribution < -0.4 is 10.5 Å². The van der Waals surface area contributed by atoms with Gasteiger partial charge in [-0.05, 0) is 24.1 Å². The fourth-order valence-corrected chi connectivity index (χ4v) is 2.67. The average molecular weight is 274 g/mol. The van der Waals surface area contributed by atoms with Gasteiger partial charge in [0, 0.05) is 11.8 Å². The third kappa shape index (κ3) is 2.39. The largest absolute Gasteiger partial charge is 0.497 e. The number of hydrogen-bond acceptors (Lipinski definition) is 5. The Morgan fingerprint density at radius 3 is 3.05 bits per heavy atom. The molecule has 2 aromatic heterocycles. The molecule has 0 fully saturated rings. The van der Waals surface area contributed by atoms with Crippen molar-refractivity contribution in [2.24, 2.45) is 0 Å². The molecule has 0 aliphatic carbocycles. The zero-order valence-corrected chi connectivity index (χ0v) is 11.4. The Bertz CT molecular complexity index is 704. The summed E-state index contributed by atoms with van der Waals surface area (Å²) in [4.78, 5) is 5.30. The number of rotatable bonds is 4. The molecule has 0 aliphatic heterocycles. The van der Waals surface area contributed by atoms with Crippen molar-refractivity contribution < 1.29 is 4.74 Å². The Morgan fingerprint density at radius 1 is 1.37 bits per heavy atom. The lowest BCUT2D eigenvalue weighted by Gasteiger charge is -2.02. The van der Waals surface area contributed by atoms with E-state index in [4.69, 9.17) is 10.5 Å². The van der Waals surface area contributed by atoms with E-state index in [9.17, 15) is 0 Å². The molecule has 0 spiro atoms. The summed E-state index contributed by atoms with van der Waals surface area (Å²) >= 11 is 1.51. The van der Waals surface area contributed by atoms with Gasteiger partial charge in [0.05, 0.1) is 7.11 Å². The first-order chi connectivity index (χ1) is 9.26. The van der Waals surface area contributed by atoms with Crippen LogP contribution in [0, 0.1) is 0 Å². The quantitative estimate of drug-likeness (QED) is 0.792. The highest BCUT2D eigenvalue weighted by atomic mass is 32.1. The molecule has 0 radical (unpaired) electrons. The maximum atomic E-state index is 5.79. The van der Waals surface area contributed by atoms with Gasteiger partial charge in [-0.3, -0.25) is 0 Å². The molecule has 0 saturated heterocycles. The second kappa shape index (κ2) is 4.89. The number of fused-ring (bicyclic) bond motifs is 1. The lowest BCUT2D eigenvalue weighted by Crippen LogP contribution is -1.97. The Kier molecular flexibility index (Phi) is 3.08. The summed E-state index contributed by atoms with van der Waals surface area (Å²) in [6.45, 7) is 0. The van der Waals surface area contributed by atoms with Crippen LogP contribution >= 0.6 is 11.3 Å². The molecule has 6 heteroatoms. The van der Waals surface area contributed by atoms with Crippen molar-refractivity contribution >= 4 is 22.1 Å². The standard InChI is InChI=1S/C13H14N4OS/c1-18-10-4-2-3-9(7-10)5-6-12-15-13-17(16-12)11(14)8-19-13/h2-4,7-8H,5-6,14H2,1H3. The van der Waals surface area contributed by atoms with Crippen LogP contribution in [-0.4, -0.2) is 21.7 Å². The average Bonchev–Trinajstić information content (AvgIpc) is 2.99. The van der Waals surface area contributed by atoms with Crippen LogP contribution in [0.2, 0.25) is 0 Å². The topological polar surface area (TPSA) is 65.4 Å². The summed E-state index contributed by atoms with van der Waals surface area (Å²) in [5.41, 5.74) is 7.00. The lowest BCUT2D eigenvalue weighted by molar-refractivity contribution is 0.414. The van der Waals surface area contributed by atoms with E-state index in [1.54, 1.807) is 11.6 Å². The number of anilines is 1. The highest BCUT2D eigenvalue weighted by molar-refractivity contribution is 7.15. The number of nitrogen functional groups attached to an aromatic ring is 1. The predicted molar refractivity (Wildman–Crippen MR) is 75.7 cm³/mol. The van der Waals surface area contributed by atoms with Gasteiger partial charge in [-0.15, -0.1) is 16.4 Å². The number of ether oxygens (including phenoxy) is 1. The summed E-state index contributed by atoms with van der Waals surface area (Å²) in [5, 5.41) is 6.24. The van der Waals surface area contributed by atoms with Crippen LogP contribution in [0.1, 0.15) is 11.4 Å². The number of hydrogen-bond donors (Lipinski definition) is 1. The number of aromatic nitrogens is 3. The van der Waals surface area contributed by atoms with Crippen LogP contribution in [0.4, 0.5) is 5.82 Å². The minimum absolute atomic E-state index is 0.639. The van der Waals surface area contributed by atoms with E-state index in [1.165, 1.54) is 16.9 Å². The number of aryl methyl sites for hydroxylation is 2. The number of methoxy groups -OCH3 is 1. The minimum Gasteiger partial charge on any atom is -0.497 e. The van der Waals surface area contributed by atoms with Gasteiger partial charge in [0.25, 0.3) is 0 Å². The third-order valence-corrected chi connectivity index (χ3v) is 3.76. The Morgan fingerprint density at radius 2 is 2.26 bits per heavy atom. The van der Waals surface area contributed by atoms with Crippen molar-refractivity contribution in [3.63, 3.8) is 0 Å². The molecule has 2 N–H and O–H groups in total. The van der Waals surface area contributed by atoms with Crippen molar-refractivity contribution in [1.29, 1.82) is 0 Å². The molecule has 0 aliphatic rings. The molecule has 0 unspecified atom stereocenters. The van der Waals surface area contributed by atoms with Gasteiger partial charge in [-0.2, -0.15) is 4.52 Å². The fraction of sp³-hybridized carbons (Fsp3) is 0.231. The van der Waals surface area contributed by atoms with E-state index in [-0.39, 0.29) is 0 Å². The summed E-state index contributed by atoms with van der Waals surface area (Å²) in [7, 11) is 1.67. The summed E-state index contributed by atoms with van der Waals surface area (Å²) in [5.74, 6) is 2.34. The first kappa shape index (κ1) is 12.0. The second-order valence-corrected chi connectivity index (χ2v) is 5.07. The van der Waals surface area contributed by atoms with Gasteiger partial charge >= 0.3 is 0 Å². The van der Waals surface area contributed by atoms with Crippen molar-refractivity contribution in [3.05, 3.63) is 41.0 Å². The van der Waals surface area contributed by atoms with Crippen LogP contribution in [0.25, 0.3) is 4.96 Å². The summed E-state index contributed by atoms with van der Waals surface area (Å²) in [6, 6.07) is 8.04. The molecular formula is C13H14N4OS. The van der Waals surface area contributed by atoms with Gasteiger partial charge in [0.2, 0.25) is 4.96 Å². The lowest BCUT2D eigenvalue weighted by atomic mass is 10.1. The van der Waals surface area contributed by atoms with Crippen molar-refractivity contribution in [3.8, 4) is 5.75 Å². The van der Waals surface area contributed by atoms with E-state index in [1.807, 2.05) is 23.6 Å². The summed E-state index contributed by atoms with van der Waals surface area (Å²) in [6.07, 6.45) is 1.68. The van der Waals surface area contributed by atoms with E-state index >= 15 is 0 Å².